The van der Waals surface area contributed by atoms with Gasteiger partial charge < -0.3 is 1.43 Å². The van der Waals surface area contributed by atoms with Gasteiger partial charge in [0.05, 0.1) is 0 Å². The van der Waals surface area contributed by atoms with Crippen molar-refractivity contribution >= 4 is 0 Å². The summed E-state index contributed by atoms with van der Waals surface area (Å²) in [4.78, 5) is 0. The van der Waals surface area contributed by atoms with E-state index in [0.717, 1.165) is 6.42 Å². The second-order valence-corrected chi connectivity index (χ2v) is 1.87. The van der Waals surface area contributed by atoms with E-state index in [1.165, 1.54) is 5.56 Å². The number of rotatable bonds is 1. The van der Waals surface area contributed by atoms with Gasteiger partial charge in [0.1, 0.15) is 0 Å². The van der Waals surface area contributed by atoms with Crippen LogP contribution in [0.5, 0.6) is 0 Å². The number of hydrogen-bond acceptors (Lipinski definition) is 0. The fourth-order valence-electron chi connectivity index (χ4n) is 0.714. The zero-order valence-electron chi connectivity index (χ0n) is 7.17. The minimum Gasteiger partial charge on any atom is -1.00 e. The molecule has 0 nitrogen and oxygen atoms in total. The van der Waals surface area contributed by atoms with Gasteiger partial charge in [-0.3, -0.25) is 0 Å². The van der Waals surface area contributed by atoms with E-state index >= 15 is 0 Å². The Morgan fingerprint density at radius 3 is 2.40 bits per heavy atom. The van der Waals surface area contributed by atoms with Crippen molar-refractivity contribution in [1.82, 2.24) is 0 Å². The van der Waals surface area contributed by atoms with E-state index in [1.807, 2.05) is 30.3 Å². The fourth-order valence-corrected chi connectivity index (χ4v) is 0.714. The van der Waals surface area contributed by atoms with Crippen LogP contribution in [0.1, 0.15) is 6.99 Å². The van der Waals surface area contributed by atoms with Crippen molar-refractivity contribution in [2.45, 2.75) is 6.42 Å². The maximum absolute atomic E-state index is 5.11. The first-order valence-corrected chi connectivity index (χ1v) is 2.91. The van der Waals surface area contributed by atoms with Crippen molar-refractivity contribution in [2.75, 3.05) is 0 Å². The van der Waals surface area contributed by atoms with Crippen molar-refractivity contribution in [3.05, 3.63) is 35.9 Å². The first-order chi connectivity index (χ1) is 4.43. The first kappa shape index (κ1) is 9.78. The first-order valence-electron chi connectivity index (χ1n) is 2.91. The van der Waals surface area contributed by atoms with Gasteiger partial charge in [0.2, 0.25) is 0 Å². The second-order valence-electron chi connectivity index (χ2n) is 1.87. The molecule has 0 spiro atoms. The van der Waals surface area contributed by atoms with Crippen LogP contribution in [-0.2, 0) is 6.42 Å². The number of benzene rings is 1. The van der Waals surface area contributed by atoms with Crippen LogP contribution < -0.4 is 29.6 Å². The number of terminal acetylenes is 1. The molecule has 0 aromatic heterocycles. The summed E-state index contributed by atoms with van der Waals surface area (Å²) >= 11 is 0. The summed E-state index contributed by atoms with van der Waals surface area (Å²) in [5.41, 5.74) is 1.21. The summed E-state index contributed by atoms with van der Waals surface area (Å²) in [5, 5.41) is 0. The molecule has 10 heavy (non-hydrogen) atoms. The summed E-state index contributed by atoms with van der Waals surface area (Å²) in [6, 6.07) is 10.0. The Hall–Kier alpha value is -0.220. The normalized spacial score (nSPS) is 7.50. The monoisotopic (exact) mass is 140 g/mol. The Morgan fingerprint density at radius 1 is 1.30 bits per heavy atom. The maximum atomic E-state index is 5.11. The molecule has 0 unspecified atom stereocenters. The zero-order chi connectivity index (χ0) is 6.53. The van der Waals surface area contributed by atoms with E-state index in [2.05, 4.69) is 5.92 Å². The van der Waals surface area contributed by atoms with E-state index in [1.54, 1.807) is 0 Å². The SMILES string of the molecule is C#CCc1ccccc1.[H-].[Na+]. The average Bonchev–Trinajstić information content (AvgIpc) is 1.91. The van der Waals surface area contributed by atoms with Gasteiger partial charge in [-0.2, -0.15) is 0 Å². The molecule has 0 aliphatic rings. The standard InChI is InChI=1S/C9H8.Na.H/c1-2-6-9-7-4-3-5-8-9;;/h1,3-5,7-8H,6H2;;/q;+1;-1. The molecule has 1 rings (SSSR count). The topological polar surface area (TPSA) is 0 Å². The molecule has 1 heteroatoms. The third kappa shape index (κ3) is 3.08. The summed E-state index contributed by atoms with van der Waals surface area (Å²) in [6.07, 6.45) is 5.85. The van der Waals surface area contributed by atoms with Crippen LogP contribution in [0, 0.1) is 12.3 Å². The summed E-state index contributed by atoms with van der Waals surface area (Å²) in [7, 11) is 0. The molecule has 0 bridgehead atoms. The molecule has 0 atom stereocenters. The van der Waals surface area contributed by atoms with E-state index in [0.29, 0.717) is 0 Å². The minimum absolute atomic E-state index is 0. The van der Waals surface area contributed by atoms with Gasteiger partial charge in [-0.15, -0.1) is 12.3 Å². The largest absolute Gasteiger partial charge is 1.00 e. The average molecular weight is 140 g/mol. The molecule has 0 aliphatic heterocycles. The summed E-state index contributed by atoms with van der Waals surface area (Å²) in [5.74, 6) is 2.58. The maximum Gasteiger partial charge on any atom is 1.00 e. The van der Waals surface area contributed by atoms with Crippen molar-refractivity contribution < 1.29 is 31.0 Å². The molecule has 0 radical (unpaired) electrons. The van der Waals surface area contributed by atoms with Crippen LogP contribution in [0.4, 0.5) is 0 Å². The molecule has 1 aromatic carbocycles. The van der Waals surface area contributed by atoms with Crippen LogP contribution in [0.2, 0.25) is 0 Å². The molecule has 0 N–H and O–H groups in total. The second kappa shape index (κ2) is 5.56. The van der Waals surface area contributed by atoms with Crippen LogP contribution in [0.15, 0.2) is 30.3 Å². The molecule has 0 fully saturated rings. The summed E-state index contributed by atoms with van der Waals surface area (Å²) in [6.45, 7) is 0. The molecule has 0 aliphatic carbocycles. The Kier molecular flexibility index (Phi) is 5.43. The third-order valence-electron chi connectivity index (χ3n) is 1.15. The van der Waals surface area contributed by atoms with Gasteiger partial charge >= 0.3 is 29.6 Å². The van der Waals surface area contributed by atoms with Crippen LogP contribution in [0.3, 0.4) is 0 Å². The predicted molar refractivity (Wildman–Crippen MR) is 40.1 cm³/mol. The van der Waals surface area contributed by atoms with E-state index in [9.17, 15) is 0 Å². The van der Waals surface area contributed by atoms with E-state index in [-0.39, 0.29) is 31.0 Å². The van der Waals surface area contributed by atoms with Crippen molar-refractivity contribution in [3.8, 4) is 12.3 Å². The molecule has 0 saturated heterocycles. The van der Waals surface area contributed by atoms with Crippen LogP contribution in [-0.4, -0.2) is 0 Å². The van der Waals surface area contributed by atoms with Gasteiger partial charge in [0.25, 0.3) is 0 Å². The van der Waals surface area contributed by atoms with Gasteiger partial charge in [-0.25, -0.2) is 0 Å². The third-order valence-corrected chi connectivity index (χ3v) is 1.15. The zero-order valence-corrected chi connectivity index (χ0v) is 8.17. The molecule has 0 saturated carbocycles. The van der Waals surface area contributed by atoms with Gasteiger partial charge in [0.15, 0.2) is 0 Å². The van der Waals surface area contributed by atoms with Crippen molar-refractivity contribution in [2.24, 2.45) is 0 Å². The Labute approximate surface area is 85.4 Å². The van der Waals surface area contributed by atoms with E-state index < -0.39 is 0 Å². The van der Waals surface area contributed by atoms with Crippen molar-refractivity contribution in [3.63, 3.8) is 0 Å². The Balaban J connectivity index is 0. The Morgan fingerprint density at radius 2 is 1.90 bits per heavy atom. The van der Waals surface area contributed by atoms with Crippen molar-refractivity contribution in [1.29, 1.82) is 0 Å². The smallest absolute Gasteiger partial charge is 1.00 e. The van der Waals surface area contributed by atoms with Gasteiger partial charge in [0, 0.05) is 6.42 Å². The molecular weight excluding hydrogens is 131 g/mol. The molecule has 1 aromatic rings. The summed E-state index contributed by atoms with van der Waals surface area (Å²) < 4.78 is 0. The van der Waals surface area contributed by atoms with Gasteiger partial charge in [-0.1, -0.05) is 30.3 Å². The predicted octanol–water partition coefficient (Wildman–Crippen LogP) is -1.02. The molecular formula is C9H9Na. The Bertz CT molecular complexity index is 213. The number of hydrogen-bond donors (Lipinski definition) is 0. The molecule has 0 amide bonds. The minimum atomic E-state index is 0. The van der Waals surface area contributed by atoms with E-state index in [4.69, 9.17) is 6.42 Å². The van der Waals surface area contributed by atoms with Crippen LogP contribution >= 0.6 is 0 Å². The molecule has 46 valence electrons. The quantitative estimate of drug-likeness (QED) is 0.346. The van der Waals surface area contributed by atoms with Crippen LogP contribution in [0.25, 0.3) is 0 Å². The molecule has 0 heterocycles. The van der Waals surface area contributed by atoms with Gasteiger partial charge in [-0.05, 0) is 5.56 Å². The fraction of sp³-hybridized carbons (Fsp3) is 0.111.